The van der Waals surface area contributed by atoms with Crippen molar-refractivity contribution >= 4 is 23.0 Å². The number of hydrogen-bond donors (Lipinski definition) is 1. The first-order valence-electron chi connectivity index (χ1n) is 5.25. The van der Waals surface area contributed by atoms with Crippen molar-refractivity contribution in [1.29, 1.82) is 5.26 Å². The van der Waals surface area contributed by atoms with Crippen LogP contribution in [0.15, 0.2) is 12.1 Å². The van der Waals surface area contributed by atoms with E-state index >= 15 is 0 Å². The number of nitro groups is 1. The lowest BCUT2D eigenvalue weighted by molar-refractivity contribution is -0.383. The molecule has 1 aromatic carbocycles. The summed E-state index contributed by atoms with van der Waals surface area (Å²) in [6, 6.07) is 4.64. The molecule has 0 saturated heterocycles. The molecule has 0 aliphatic heterocycles. The van der Waals surface area contributed by atoms with Gasteiger partial charge in [0.15, 0.2) is 0 Å². The second-order valence-electron chi connectivity index (χ2n) is 4.28. The normalized spacial score (nSPS) is 15.8. The number of nitrogens with two attached hydrogens (primary N) is 1. The Balaban J connectivity index is 2.17. The number of rotatable bonds is 4. The van der Waals surface area contributed by atoms with Crippen LogP contribution in [0.1, 0.15) is 12.8 Å². The van der Waals surface area contributed by atoms with Crippen LogP contribution in [0.25, 0.3) is 0 Å². The lowest BCUT2D eigenvalue weighted by Gasteiger charge is -2.11. The summed E-state index contributed by atoms with van der Waals surface area (Å²) in [7, 11) is 0. The predicted octanol–water partition coefficient (Wildman–Crippen LogP) is 2.51. The van der Waals surface area contributed by atoms with Gasteiger partial charge in [0.1, 0.15) is 18.0 Å². The number of nitro benzene ring substituents is 1. The number of hydrogen-bond acceptors (Lipinski definition) is 5. The van der Waals surface area contributed by atoms with Crippen LogP contribution in [0.4, 0.5) is 11.4 Å². The molecule has 1 aromatic rings. The van der Waals surface area contributed by atoms with Crippen LogP contribution in [0.2, 0.25) is 5.02 Å². The van der Waals surface area contributed by atoms with E-state index < -0.39 is 10.3 Å². The van der Waals surface area contributed by atoms with Crippen LogP contribution in [-0.2, 0) is 0 Å². The van der Waals surface area contributed by atoms with Gasteiger partial charge in [-0.15, -0.1) is 0 Å². The van der Waals surface area contributed by atoms with Crippen molar-refractivity contribution in [2.75, 3.05) is 12.3 Å². The molecule has 0 radical (unpaired) electrons. The summed E-state index contributed by atoms with van der Waals surface area (Å²) in [5, 5.41) is 19.7. The van der Waals surface area contributed by atoms with Crippen LogP contribution >= 0.6 is 11.6 Å². The van der Waals surface area contributed by atoms with E-state index in [1.807, 2.05) is 0 Å². The Bertz CT molecular complexity index is 549. The van der Waals surface area contributed by atoms with Gasteiger partial charge in [-0.3, -0.25) is 10.1 Å². The van der Waals surface area contributed by atoms with Crippen LogP contribution in [0, 0.1) is 26.9 Å². The molecule has 0 unspecified atom stereocenters. The fourth-order valence-electron chi connectivity index (χ4n) is 1.48. The number of ether oxygens (including phenoxy) is 1. The molecule has 2 rings (SSSR count). The Morgan fingerprint density at radius 3 is 2.78 bits per heavy atom. The minimum absolute atomic E-state index is 0.0128. The Morgan fingerprint density at radius 2 is 2.28 bits per heavy atom. The van der Waals surface area contributed by atoms with E-state index in [-0.39, 0.29) is 28.8 Å². The van der Waals surface area contributed by atoms with Crippen molar-refractivity contribution in [2.24, 2.45) is 5.41 Å². The number of nitrogen functional groups attached to an aromatic ring is 1. The van der Waals surface area contributed by atoms with Gasteiger partial charge in [0.2, 0.25) is 0 Å². The zero-order chi connectivity index (χ0) is 13.3. The highest BCUT2D eigenvalue weighted by Gasteiger charge is 2.44. The molecule has 1 aliphatic carbocycles. The maximum atomic E-state index is 10.6. The van der Waals surface area contributed by atoms with Gasteiger partial charge in [-0.2, -0.15) is 5.26 Å². The third-order valence-electron chi connectivity index (χ3n) is 2.87. The molecule has 0 heterocycles. The van der Waals surface area contributed by atoms with Crippen molar-refractivity contribution in [3.05, 3.63) is 27.3 Å². The fraction of sp³-hybridized carbons (Fsp3) is 0.364. The molecule has 1 aliphatic rings. The minimum Gasteiger partial charge on any atom is -0.490 e. The predicted molar refractivity (Wildman–Crippen MR) is 65.3 cm³/mol. The Labute approximate surface area is 108 Å². The molecule has 1 fully saturated rings. The Morgan fingerprint density at radius 1 is 1.61 bits per heavy atom. The van der Waals surface area contributed by atoms with E-state index in [1.165, 1.54) is 6.07 Å². The van der Waals surface area contributed by atoms with Crippen molar-refractivity contribution in [3.8, 4) is 11.8 Å². The average Bonchev–Trinajstić information content (AvgIpc) is 3.10. The van der Waals surface area contributed by atoms with Gasteiger partial charge in [0, 0.05) is 12.1 Å². The quantitative estimate of drug-likeness (QED) is 0.513. The van der Waals surface area contributed by atoms with Gasteiger partial charge in [-0.05, 0) is 12.8 Å². The van der Waals surface area contributed by atoms with Crippen LogP contribution in [0.5, 0.6) is 5.75 Å². The average molecular weight is 268 g/mol. The molecular weight excluding hydrogens is 258 g/mol. The number of nitrogens with zero attached hydrogens (tertiary/aromatic N) is 2. The summed E-state index contributed by atoms with van der Waals surface area (Å²) >= 11 is 5.87. The van der Waals surface area contributed by atoms with E-state index in [9.17, 15) is 10.1 Å². The largest absolute Gasteiger partial charge is 0.490 e. The van der Waals surface area contributed by atoms with Crippen LogP contribution in [0.3, 0.4) is 0 Å². The van der Waals surface area contributed by atoms with Gasteiger partial charge in [-0.25, -0.2) is 0 Å². The molecule has 1 saturated carbocycles. The fourth-order valence-corrected chi connectivity index (χ4v) is 1.70. The smallest absolute Gasteiger partial charge is 0.293 e. The first-order valence-corrected chi connectivity index (χ1v) is 5.63. The van der Waals surface area contributed by atoms with Crippen LogP contribution in [-0.4, -0.2) is 11.5 Å². The summed E-state index contributed by atoms with van der Waals surface area (Å²) in [6.07, 6.45) is 1.59. The number of benzene rings is 1. The third-order valence-corrected chi connectivity index (χ3v) is 3.17. The molecule has 0 amide bonds. The first kappa shape index (κ1) is 12.5. The molecule has 94 valence electrons. The monoisotopic (exact) mass is 267 g/mol. The molecule has 6 nitrogen and oxygen atoms in total. The maximum Gasteiger partial charge on any atom is 0.293 e. The third kappa shape index (κ3) is 2.31. The molecule has 7 heteroatoms. The summed E-state index contributed by atoms with van der Waals surface area (Å²) in [6.45, 7) is 0.223. The van der Waals surface area contributed by atoms with Gasteiger partial charge in [0.05, 0.1) is 21.4 Å². The van der Waals surface area contributed by atoms with E-state index in [2.05, 4.69) is 6.07 Å². The topological polar surface area (TPSA) is 102 Å². The second-order valence-corrected chi connectivity index (χ2v) is 4.69. The molecule has 0 bridgehead atoms. The lowest BCUT2D eigenvalue weighted by atomic mass is 10.1. The van der Waals surface area contributed by atoms with Gasteiger partial charge in [0.25, 0.3) is 5.69 Å². The van der Waals surface area contributed by atoms with Crippen molar-refractivity contribution < 1.29 is 9.66 Å². The van der Waals surface area contributed by atoms with Crippen molar-refractivity contribution in [2.45, 2.75) is 12.8 Å². The van der Waals surface area contributed by atoms with E-state index in [1.54, 1.807) is 0 Å². The molecule has 18 heavy (non-hydrogen) atoms. The number of nitriles is 1. The van der Waals surface area contributed by atoms with E-state index in [0.29, 0.717) is 0 Å². The molecule has 0 atom stereocenters. The number of anilines is 1. The Kier molecular flexibility index (Phi) is 3.01. The Hall–Kier alpha value is -2.00. The molecule has 0 aromatic heterocycles. The summed E-state index contributed by atoms with van der Waals surface area (Å²) < 4.78 is 5.41. The summed E-state index contributed by atoms with van der Waals surface area (Å²) in [5.74, 6) is 0.265. The highest BCUT2D eigenvalue weighted by molar-refractivity contribution is 6.32. The SMILES string of the molecule is N#CC1(COc2cc(N)c([N+](=O)[O-])cc2Cl)CC1. The van der Waals surface area contributed by atoms with E-state index in [0.717, 1.165) is 18.9 Å². The summed E-state index contributed by atoms with van der Waals surface area (Å²) in [4.78, 5) is 10.0. The van der Waals surface area contributed by atoms with Crippen molar-refractivity contribution in [1.82, 2.24) is 0 Å². The standard InChI is InChI=1S/C11H10ClN3O3/c12-7-3-9(15(16)17)8(14)4-10(7)18-6-11(5-13)1-2-11/h3-4H,1-2,6,14H2. The molecular formula is C11H10ClN3O3. The highest BCUT2D eigenvalue weighted by Crippen LogP contribution is 2.45. The van der Waals surface area contributed by atoms with Gasteiger partial charge < -0.3 is 10.5 Å². The van der Waals surface area contributed by atoms with Crippen LogP contribution < -0.4 is 10.5 Å². The molecule has 0 spiro atoms. The van der Waals surface area contributed by atoms with Gasteiger partial charge in [-0.1, -0.05) is 11.6 Å². The van der Waals surface area contributed by atoms with E-state index in [4.69, 9.17) is 27.3 Å². The number of halogens is 1. The zero-order valence-corrected chi connectivity index (χ0v) is 10.1. The van der Waals surface area contributed by atoms with Crippen molar-refractivity contribution in [3.63, 3.8) is 0 Å². The highest BCUT2D eigenvalue weighted by atomic mass is 35.5. The second kappa shape index (κ2) is 4.35. The maximum absolute atomic E-state index is 10.6. The first-order chi connectivity index (χ1) is 8.47. The zero-order valence-electron chi connectivity index (χ0n) is 9.35. The summed E-state index contributed by atoms with van der Waals surface area (Å²) in [5.41, 5.74) is 4.83. The van der Waals surface area contributed by atoms with Gasteiger partial charge >= 0.3 is 0 Å². The molecule has 2 N–H and O–H groups in total. The lowest BCUT2D eigenvalue weighted by Crippen LogP contribution is -2.11. The minimum atomic E-state index is -0.608.